The van der Waals surface area contributed by atoms with Crippen LogP contribution in [0.25, 0.3) is 0 Å². The van der Waals surface area contributed by atoms with Crippen LogP contribution in [0, 0.1) is 28.9 Å². The zero-order valence-corrected chi connectivity index (χ0v) is 23.7. The van der Waals surface area contributed by atoms with E-state index in [9.17, 15) is 24.7 Å². The highest BCUT2D eigenvalue weighted by Gasteiger charge is 2.34. The Morgan fingerprint density at radius 3 is 2.34 bits per heavy atom. The molecule has 0 aromatic carbocycles. The lowest BCUT2D eigenvalue weighted by atomic mass is 9.81. The third-order valence-corrected chi connectivity index (χ3v) is 7.94. The van der Waals surface area contributed by atoms with Crippen molar-refractivity contribution in [2.45, 2.75) is 111 Å². The number of hydrogen-bond acceptors (Lipinski definition) is 5. The molecule has 3 amide bonds. The average molecular weight is 533 g/mol. The van der Waals surface area contributed by atoms with E-state index in [2.05, 4.69) is 16.0 Å². The van der Waals surface area contributed by atoms with E-state index in [1.165, 1.54) is 32.4 Å². The molecule has 1 heterocycles. The van der Waals surface area contributed by atoms with Crippen LogP contribution in [-0.2, 0) is 20.9 Å². The van der Waals surface area contributed by atoms with Crippen LogP contribution >= 0.6 is 0 Å². The van der Waals surface area contributed by atoms with Crippen LogP contribution in [-0.4, -0.2) is 41.0 Å². The number of nitrogens with zero attached hydrogens (tertiary/aromatic N) is 1. The Balaban J connectivity index is 2.09. The van der Waals surface area contributed by atoms with Gasteiger partial charge in [0.2, 0.25) is 23.4 Å². The quantitative estimate of drug-likeness (QED) is 0.216. The fourth-order valence-electron chi connectivity index (χ4n) is 5.31. The van der Waals surface area contributed by atoms with Gasteiger partial charge in [-0.05, 0) is 36.7 Å². The monoisotopic (exact) mass is 532 g/mol. The number of aliphatic hydroxyl groups excluding tert-OH is 1. The Bertz CT molecular complexity index is 903. The van der Waals surface area contributed by atoms with Crippen LogP contribution in [0.1, 0.15) is 91.7 Å². The molecule has 1 saturated carbocycles. The number of amides is 3. The molecule has 0 spiro atoms. The van der Waals surface area contributed by atoms with Crippen molar-refractivity contribution < 1.29 is 24.2 Å². The van der Waals surface area contributed by atoms with Gasteiger partial charge in [0.05, 0.1) is 12.1 Å². The van der Waals surface area contributed by atoms with Crippen molar-refractivity contribution in [1.82, 2.24) is 16.0 Å². The maximum Gasteiger partial charge on any atom is 0.243 e. The number of carbonyl (C=O) groups excluding carboxylic acids is 3. The molecule has 0 radical (unpaired) electrons. The molecule has 38 heavy (non-hydrogen) atoms. The fourth-order valence-corrected chi connectivity index (χ4v) is 5.31. The molecule has 1 fully saturated rings. The van der Waals surface area contributed by atoms with E-state index in [0.717, 1.165) is 12.8 Å². The molecular formula is C29H48N4O5. The second-order valence-electron chi connectivity index (χ2n) is 11.3. The zero-order chi connectivity index (χ0) is 28.2. The Labute approximate surface area is 227 Å². The minimum Gasteiger partial charge on any atom is -0.618 e. The first-order valence-corrected chi connectivity index (χ1v) is 14.2. The Morgan fingerprint density at radius 1 is 1.08 bits per heavy atom. The number of nitrogens with one attached hydrogen (secondary N) is 3. The molecule has 5 atom stereocenters. The average Bonchev–Trinajstić information content (AvgIpc) is 2.88. The molecule has 1 aromatic heterocycles. The van der Waals surface area contributed by atoms with Gasteiger partial charge < -0.3 is 26.3 Å². The molecule has 9 nitrogen and oxygen atoms in total. The first-order valence-electron chi connectivity index (χ1n) is 14.2. The second-order valence-corrected chi connectivity index (χ2v) is 11.3. The minimum absolute atomic E-state index is 0.0534. The SMILES string of the molecule is CC[C@H](C)[C@H](NC(=O)[C@@H](C[C@H](O)[C@H](CC1CCCCC1)NC(C)=O)C(C)C)C(=O)NCc1cccc[n+]1[O-]. The normalized spacial score (nSPS) is 18.2. The van der Waals surface area contributed by atoms with E-state index >= 15 is 0 Å². The van der Waals surface area contributed by atoms with Crippen molar-refractivity contribution in [3.63, 3.8) is 0 Å². The largest absolute Gasteiger partial charge is 0.618 e. The van der Waals surface area contributed by atoms with Crippen molar-refractivity contribution in [2.24, 2.45) is 23.7 Å². The van der Waals surface area contributed by atoms with Gasteiger partial charge in [0, 0.05) is 25.0 Å². The highest BCUT2D eigenvalue weighted by atomic mass is 16.5. The number of hydrogen-bond donors (Lipinski definition) is 4. The smallest absolute Gasteiger partial charge is 0.243 e. The summed E-state index contributed by atoms with van der Waals surface area (Å²) in [7, 11) is 0. The van der Waals surface area contributed by atoms with Crippen LogP contribution in [0.3, 0.4) is 0 Å². The van der Waals surface area contributed by atoms with Gasteiger partial charge in [-0.3, -0.25) is 14.4 Å². The van der Waals surface area contributed by atoms with Crippen LogP contribution < -0.4 is 20.7 Å². The van der Waals surface area contributed by atoms with Gasteiger partial charge in [-0.1, -0.05) is 66.2 Å². The summed E-state index contributed by atoms with van der Waals surface area (Å²) < 4.78 is 0.701. The predicted molar refractivity (Wildman–Crippen MR) is 146 cm³/mol. The molecule has 9 heteroatoms. The number of pyridine rings is 1. The van der Waals surface area contributed by atoms with Crippen molar-refractivity contribution >= 4 is 17.7 Å². The van der Waals surface area contributed by atoms with E-state index in [1.54, 1.807) is 18.2 Å². The summed E-state index contributed by atoms with van der Waals surface area (Å²) in [4.78, 5) is 38.5. The molecule has 2 rings (SSSR count). The summed E-state index contributed by atoms with van der Waals surface area (Å²) in [5.74, 6) is -1.14. The van der Waals surface area contributed by atoms with Gasteiger partial charge in [0.15, 0.2) is 6.20 Å². The summed E-state index contributed by atoms with van der Waals surface area (Å²) in [6.07, 6.45) is 7.82. The van der Waals surface area contributed by atoms with Crippen molar-refractivity contribution in [2.75, 3.05) is 0 Å². The van der Waals surface area contributed by atoms with E-state index in [1.807, 2.05) is 27.7 Å². The molecule has 214 valence electrons. The molecule has 4 N–H and O–H groups in total. The topological polar surface area (TPSA) is 134 Å². The van der Waals surface area contributed by atoms with Crippen LogP contribution in [0.5, 0.6) is 0 Å². The summed E-state index contributed by atoms with van der Waals surface area (Å²) in [5.41, 5.74) is 0.403. The molecular weight excluding hydrogens is 484 g/mol. The molecule has 1 aliphatic carbocycles. The zero-order valence-electron chi connectivity index (χ0n) is 23.7. The van der Waals surface area contributed by atoms with Crippen LogP contribution in [0.15, 0.2) is 24.4 Å². The lowest BCUT2D eigenvalue weighted by Gasteiger charge is -2.33. The predicted octanol–water partition coefficient (Wildman–Crippen LogP) is 2.97. The maximum atomic E-state index is 13.5. The molecule has 1 aromatic rings. The standard InChI is InChI=1S/C29H48N4O5/c1-6-20(4)27(29(37)30-18-23-14-10-11-15-33(23)38)32-28(36)24(19(2)3)17-26(35)25(31-21(5)34)16-22-12-8-7-9-13-22/h10-11,14-15,19-20,22,24-27,35H,6-9,12-13,16-18H2,1-5H3,(H,30,37)(H,31,34)(H,32,36)/t20-,24-,25-,26-,27-/m0/s1. The summed E-state index contributed by atoms with van der Waals surface area (Å²) in [5, 5.41) is 31.8. The lowest BCUT2D eigenvalue weighted by molar-refractivity contribution is -0.614. The summed E-state index contributed by atoms with van der Waals surface area (Å²) in [6.45, 7) is 9.20. The Kier molecular flexibility index (Phi) is 13.0. The second kappa shape index (κ2) is 15.7. The Morgan fingerprint density at radius 2 is 1.76 bits per heavy atom. The van der Waals surface area contributed by atoms with Gasteiger partial charge in [-0.15, -0.1) is 0 Å². The highest BCUT2D eigenvalue weighted by Crippen LogP contribution is 2.29. The highest BCUT2D eigenvalue weighted by molar-refractivity contribution is 5.88. The molecule has 0 aliphatic heterocycles. The first-order chi connectivity index (χ1) is 18.0. The maximum absolute atomic E-state index is 13.5. The molecule has 0 saturated heterocycles. The van der Waals surface area contributed by atoms with Crippen molar-refractivity contribution in [3.05, 3.63) is 35.3 Å². The van der Waals surface area contributed by atoms with Crippen LogP contribution in [0.4, 0.5) is 0 Å². The molecule has 1 aliphatic rings. The minimum atomic E-state index is -0.875. The summed E-state index contributed by atoms with van der Waals surface area (Å²) >= 11 is 0. The third-order valence-electron chi connectivity index (χ3n) is 7.94. The van der Waals surface area contributed by atoms with E-state index in [0.29, 0.717) is 29.2 Å². The fraction of sp³-hybridized carbons (Fsp3) is 0.724. The number of rotatable bonds is 14. The molecule has 0 bridgehead atoms. The number of aliphatic hydroxyl groups is 1. The van der Waals surface area contributed by atoms with Gasteiger partial charge >= 0.3 is 0 Å². The van der Waals surface area contributed by atoms with E-state index in [4.69, 9.17) is 0 Å². The van der Waals surface area contributed by atoms with E-state index in [-0.39, 0.29) is 42.5 Å². The van der Waals surface area contributed by atoms with Crippen LogP contribution in [0.2, 0.25) is 0 Å². The van der Waals surface area contributed by atoms with Gasteiger partial charge in [-0.2, -0.15) is 4.73 Å². The van der Waals surface area contributed by atoms with Crippen molar-refractivity contribution in [1.29, 1.82) is 0 Å². The lowest BCUT2D eigenvalue weighted by Crippen LogP contribution is -2.53. The third kappa shape index (κ3) is 9.89. The first kappa shape index (κ1) is 31.5. The summed E-state index contributed by atoms with van der Waals surface area (Å²) in [6, 6.07) is 3.79. The van der Waals surface area contributed by atoms with Gasteiger partial charge in [-0.25, -0.2) is 0 Å². The molecule has 0 unspecified atom stereocenters. The van der Waals surface area contributed by atoms with Crippen molar-refractivity contribution in [3.8, 4) is 0 Å². The number of aromatic nitrogens is 1. The Hall–Kier alpha value is -2.68. The van der Waals surface area contributed by atoms with Gasteiger partial charge in [0.1, 0.15) is 12.6 Å². The number of carbonyl (C=O) groups is 3. The van der Waals surface area contributed by atoms with E-state index < -0.39 is 24.1 Å². The van der Waals surface area contributed by atoms with Gasteiger partial charge in [0.25, 0.3) is 0 Å².